The number of rotatable bonds is 4. The van der Waals surface area contributed by atoms with Crippen LogP contribution in [0, 0.1) is 11.3 Å². The topological polar surface area (TPSA) is 38.7 Å². The molecule has 0 saturated heterocycles. The minimum absolute atomic E-state index is 0.0102. The molecule has 2 aliphatic rings. The summed E-state index contributed by atoms with van der Waals surface area (Å²) in [6.45, 7) is 8.66. The third-order valence-corrected chi connectivity index (χ3v) is 5.72. The molecule has 0 amide bonds. The van der Waals surface area contributed by atoms with Crippen molar-refractivity contribution >= 4 is 11.7 Å². The molecule has 0 heterocycles. The number of hydrogen-bond acceptors (Lipinski definition) is 3. The molecule has 0 radical (unpaired) electrons. The van der Waals surface area contributed by atoms with Crippen LogP contribution in [0.4, 0.5) is 0 Å². The van der Waals surface area contributed by atoms with E-state index >= 15 is 0 Å². The summed E-state index contributed by atoms with van der Waals surface area (Å²) >= 11 is 0. The third-order valence-electron chi connectivity index (χ3n) is 5.72. The van der Waals surface area contributed by atoms with E-state index in [0.29, 0.717) is 0 Å². The second kappa shape index (κ2) is 8.89. The van der Waals surface area contributed by atoms with E-state index in [1.807, 2.05) is 24.3 Å². The Kier molecular flexibility index (Phi) is 6.53. The first-order valence-electron chi connectivity index (χ1n) is 10.6. The Morgan fingerprint density at radius 2 is 1.79 bits per heavy atom. The molecule has 150 valence electrons. The summed E-state index contributed by atoms with van der Waals surface area (Å²) in [5.74, 6) is -0.0232. The minimum Gasteiger partial charge on any atom is -0.451 e. The number of esters is 1. The molecule has 0 bridgehead atoms. The molecule has 0 spiro atoms. The summed E-state index contributed by atoms with van der Waals surface area (Å²) in [6, 6.07) is 10.3. The van der Waals surface area contributed by atoms with Gasteiger partial charge in [-0.1, -0.05) is 76.4 Å². The van der Waals surface area contributed by atoms with Crippen molar-refractivity contribution in [1.29, 1.82) is 0 Å². The van der Waals surface area contributed by atoms with Crippen molar-refractivity contribution in [3.05, 3.63) is 59.7 Å². The number of carbonyl (C=O) groups excluding carboxylic acids is 1. The van der Waals surface area contributed by atoms with E-state index in [4.69, 9.17) is 9.73 Å². The molecule has 0 aliphatic heterocycles. The van der Waals surface area contributed by atoms with Gasteiger partial charge in [0, 0.05) is 0 Å². The molecule has 0 aromatic heterocycles. The van der Waals surface area contributed by atoms with Gasteiger partial charge in [-0.05, 0) is 48.5 Å². The van der Waals surface area contributed by atoms with Crippen LogP contribution in [0.3, 0.4) is 0 Å². The maximum atomic E-state index is 12.7. The molecule has 1 aromatic rings. The number of ether oxygens (including phenoxy) is 1. The van der Waals surface area contributed by atoms with Crippen molar-refractivity contribution in [1.82, 2.24) is 0 Å². The van der Waals surface area contributed by atoms with E-state index in [0.717, 1.165) is 37.0 Å². The second-order valence-electron chi connectivity index (χ2n) is 9.04. The summed E-state index contributed by atoms with van der Waals surface area (Å²) in [4.78, 5) is 17.7. The van der Waals surface area contributed by atoms with Crippen molar-refractivity contribution in [2.45, 2.75) is 71.9 Å². The Labute approximate surface area is 169 Å². The summed E-state index contributed by atoms with van der Waals surface area (Å²) < 4.78 is 5.94. The van der Waals surface area contributed by atoms with E-state index in [-0.39, 0.29) is 23.3 Å². The molecule has 1 fully saturated rings. The normalized spacial score (nSPS) is 23.4. The fourth-order valence-corrected chi connectivity index (χ4v) is 3.85. The largest absolute Gasteiger partial charge is 0.451 e. The molecule has 3 heteroatoms. The first-order valence-corrected chi connectivity index (χ1v) is 10.6. The molecular weight excluding hydrogens is 346 g/mol. The first kappa shape index (κ1) is 20.6. The summed E-state index contributed by atoms with van der Waals surface area (Å²) in [5, 5.41) is 0. The van der Waals surface area contributed by atoms with Crippen LogP contribution in [-0.2, 0) is 9.53 Å². The molecule has 28 heavy (non-hydrogen) atoms. The van der Waals surface area contributed by atoms with E-state index in [9.17, 15) is 4.79 Å². The molecule has 3 nitrogen and oxygen atoms in total. The van der Waals surface area contributed by atoms with Crippen molar-refractivity contribution in [3.8, 4) is 0 Å². The number of aliphatic imine (C=N–C) groups is 1. The van der Waals surface area contributed by atoms with Gasteiger partial charge in [0.1, 0.15) is 0 Å². The standard InChI is InChI=1S/C25H33NO2/c1-18(19-11-7-5-8-12-19)26-22-17-21(25(2,3)4)15-16-23(22)28-24(27)20-13-9-6-10-14-20/h5,7-8,11-12,15-18,20,23H,6,9-10,13-14H2,1-4H3/b26-22+. The maximum Gasteiger partial charge on any atom is 0.309 e. The predicted molar refractivity (Wildman–Crippen MR) is 115 cm³/mol. The second-order valence-corrected chi connectivity index (χ2v) is 9.04. The summed E-state index contributed by atoms with van der Waals surface area (Å²) in [6.07, 6.45) is 11.2. The number of benzene rings is 1. The molecule has 1 saturated carbocycles. The highest BCUT2D eigenvalue weighted by molar-refractivity contribution is 6.03. The lowest BCUT2D eigenvalue weighted by atomic mass is 9.82. The van der Waals surface area contributed by atoms with Gasteiger partial charge in [0.2, 0.25) is 0 Å². The monoisotopic (exact) mass is 379 g/mol. The molecule has 2 atom stereocenters. The zero-order valence-corrected chi connectivity index (χ0v) is 17.7. The first-order chi connectivity index (χ1) is 13.3. The van der Waals surface area contributed by atoms with Gasteiger partial charge in [-0.25, -0.2) is 0 Å². The Balaban J connectivity index is 1.83. The van der Waals surface area contributed by atoms with Gasteiger partial charge in [0.05, 0.1) is 17.7 Å². The van der Waals surface area contributed by atoms with Gasteiger partial charge in [-0.3, -0.25) is 9.79 Å². The quantitative estimate of drug-likeness (QED) is 0.582. The summed E-state index contributed by atoms with van der Waals surface area (Å²) in [5.41, 5.74) is 3.23. The molecule has 2 unspecified atom stereocenters. The Hall–Kier alpha value is -2.16. The molecule has 2 aliphatic carbocycles. The fourth-order valence-electron chi connectivity index (χ4n) is 3.85. The van der Waals surface area contributed by atoms with Crippen molar-refractivity contribution in [2.75, 3.05) is 0 Å². The van der Waals surface area contributed by atoms with Gasteiger partial charge in [-0.2, -0.15) is 0 Å². The van der Waals surface area contributed by atoms with Crippen LogP contribution >= 0.6 is 0 Å². The van der Waals surface area contributed by atoms with Crippen LogP contribution < -0.4 is 0 Å². The lowest BCUT2D eigenvalue weighted by molar-refractivity contribution is -0.150. The van der Waals surface area contributed by atoms with E-state index in [1.165, 1.54) is 12.0 Å². The Morgan fingerprint density at radius 1 is 1.11 bits per heavy atom. The number of carbonyl (C=O) groups is 1. The maximum absolute atomic E-state index is 12.7. The zero-order chi connectivity index (χ0) is 20.1. The average Bonchev–Trinajstić information content (AvgIpc) is 2.69. The Bertz CT molecular complexity index is 761. The lowest BCUT2D eigenvalue weighted by Crippen LogP contribution is -2.31. The fraction of sp³-hybridized carbons (Fsp3) is 0.520. The number of nitrogens with zero attached hydrogens (tertiary/aromatic N) is 1. The molecule has 3 rings (SSSR count). The minimum atomic E-state index is -0.397. The van der Waals surface area contributed by atoms with Crippen molar-refractivity contribution in [2.24, 2.45) is 16.3 Å². The van der Waals surface area contributed by atoms with Crippen LogP contribution in [0.25, 0.3) is 0 Å². The number of hydrogen-bond donors (Lipinski definition) is 0. The van der Waals surface area contributed by atoms with Crippen LogP contribution in [0.1, 0.15) is 71.4 Å². The zero-order valence-electron chi connectivity index (χ0n) is 17.7. The van der Waals surface area contributed by atoms with E-state index < -0.39 is 6.10 Å². The Morgan fingerprint density at radius 3 is 2.43 bits per heavy atom. The van der Waals surface area contributed by atoms with Crippen molar-refractivity contribution < 1.29 is 9.53 Å². The van der Waals surface area contributed by atoms with Crippen LogP contribution in [0.2, 0.25) is 0 Å². The highest BCUT2D eigenvalue weighted by Crippen LogP contribution is 2.31. The van der Waals surface area contributed by atoms with Gasteiger partial charge in [0.25, 0.3) is 0 Å². The SMILES string of the molecule is CC(/N=C1\C=C(C(C)(C)C)C=CC1OC(=O)C1CCCCC1)c1ccccc1. The van der Waals surface area contributed by atoms with Gasteiger partial charge >= 0.3 is 5.97 Å². The number of allylic oxidation sites excluding steroid dienone is 2. The van der Waals surface area contributed by atoms with Crippen LogP contribution in [-0.4, -0.2) is 17.8 Å². The third kappa shape index (κ3) is 5.21. The van der Waals surface area contributed by atoms with Gasteiger partial charge in [0.15, 0.2) is 6.10 Å². The highest BCUT2D eigenvalue weighted by Gasteiger charge is 2.29. The highest BCUT2D eigenvalue weighted by atomic mass is 16.5. The van der Waals surface area contributed by atoms with E-state index in [1.54, 1.807) is 0 Å². The van der Waals surface area contributed by atoms with Crippen molar-refractivity contribution in [3.63, 3.8) is 0 Å². The van der Waals surface area contributed by atoms with E-state index in [2.05, 4.69) is 52.0 Å². The molecular formula is C25H33NO2. The lowest BCUT2D eigenvalue weighted by Gasteiger charge is -2.28. The smallest absolute Gasteiger partial charge is 0.309 e. The molecule has 0 N–H and O–H groups in total. The van der Waals surface area contributed by atoms with Crippen LogP contribution in [0.5, 0.6) is 0 Å². The molecule has 1 aromatic carbocycles. The van der Waals surface area contributed by atoms with Crippen LogP contribution in [0.15, 0.2) is 59.1 Å². The predicted octanol–water partition coefficient (Wildman–Crippen LogP) is 6.22. The summed E-state index contributed by atoms with van der Waals surface area (Å²) in [7, 11) is 0. The van der Waals surface area contributed by atoms with Gasteiger partial charge in [-0.15, -0.1) is 0 Å². The van der Waals surface area contributed by atoms with Gasteiger partial charge < -0.3 is 4.74 Å². The average molecular weight is 380 g/mol.